The van der Waals surface area contributed by atoms with Crippen LogP contribution in [0.1, 0.15) is 40.4 Å². The van der Waals surface area contributed by atoms with Gasteiger partial charge in [-0.15, -0.1) is 24.8 Å². The SMILES string of the molecule is Cl.Cl.O=C(NCC(O)[C@@H]1Cc2ccccc2CN1)c1cccc2c1ncn2C1CCOCC1. The molecule has 2 atom stereocenters. The van der Waals surface area contributed by atoms with Crippen LogP contribution in [0.3, 0.4) is 0 Å². The van der Waals surface area contributed by atoms with Crippen molar-refractivity contribution in [2.24, 2.45) is 0 Å². The zero-order chi connectivity index (χ0) is 21.2. The van der Waals surface area contributed by atoms with Crippen LogP contribution in [0.5, 0.6) is 0 Å². The first-order chi connectivity index (χ1) is 15.2. The predicted octanol–water partition coefficient (Wildman–Crippen LogP) is 3.04. The number of amides is 1. The summed E-state index contributed by atoms with van der Waals surface area (Å²) in [4.78, 5) is 17.5. The second-order valence-corrected chi connectivity index (χ2v) is 8.41. The number of benzene rings is 2. The lowest BCUT2D eigenvalue weighted by Gasteiger charge is -2.30. The Balaban J connectivity index is 0.00000153. The molecule has 1 aromatic heterocycles. The van der Waals surface area contributed by atoms with Crippen LogP contribution in [-0.4, -0.2) is 52.5 Å². The first-order valence-corrected chi connectivity index (χ1v) is 11.0. The van der Waals surface area contributed by atoms with Crippen molar-refractivity contribution in [3.05, 3.63) is 65.5 Å². The van der Waals surface area contributed by atoms with E-state index in [1.165, 1.54) is 11.1 Å². The van der Waals surface area contributed by atoms with Crippen LogP contribution < -0.4 is 10.6 Å². The first kappa shape index (κ1) is 25.5. The highest BCUT2D eigenvalue weighted by molar-refractivity contribution is 6.04. The summed E-state index contributed by atoms with van der Waals surface area (Å²) in [7, 11) is 0. The number of ether oxygens (including phenoxy) is 1. The number of nitrogens with zero attached hydrogens (tertiary/aromatic N) is 2. The van der Waals surface area contributed by atoms with Crippen LogP contribution in [-0.2, 0) is 17.7 Å². The van der Waals surface area contributed by atoms with Gasteiger partial charge in [-0.2, -0.15) is 0 Å². The van der Waals surface area contributed by atoms with Gasteiger partial charge in [0.25, 0.3) is 5.91 Å². The van der Waals surface area contributed by atoms with Crippen LogP contribution in [0.25, 0.3) is 11.0 Å². The summed E-state index contributed by atoms with van der Waals surface area (Å²) in [6.07, 6.45) is 3.81. The van der Waals surface area contributed by atoms with E-state index in [4.69, 9.17) is 4.74 Å². The van der Waals surface area contributed by atoms with E-state index in [9.17, 15) is 9.90 Å². The van der Waals surface area contributed by atoms with Gasteiger partial charge in [0.2, 0.25) is 0 Å². The molecule has 0 radical (unpaired) electrons. The molecule has 3 aromatic rings. The summed E-state index contributed by atoms with van der Waals surface area (Å²) in [5.74, 6) is -0.210. The number of nitrogens with one attached hydrogen (secondary N) is 2. The monoisotopic (exact) mass is 492 g/mol. The number of aliphatic hydroxyl groups is 1. The van der Waals surface area contributed by atoms with Crippen molar-refractivity contribution in [2.45, 2.75) is 44.0 Å². The molecule has 1 amide bonds. The molecule has 2 aliphatic heterocycles. The lowest BCUT2D eigenvalue weighted by Crippen LogP contribution is -2.49. The van der Waals surface area contributed by atoms with Crippen molar-refractivity contribution in [1.29, 1.82) is 0 Å². The molecule has 1 fully saturated rings. The average molecular weight is 493 g/mol. The number of carbonyl (C=O) groups excluding carboxylic acids is 1. The number of aromatic nitrogens is 2. The van der Waals surface area contributed by atoms with E-state index in [2.05, 4.69) is 32.3 Å². The topological polar surface area (TPSA) is 88.4 Å². The molecule has 178 valence electrons. The van der Waals surface area contributed by atoms with E-state index in [-0.39, 0.29) is 43.3 Å². The third kappa shape index (κ3) is 5.34. The molecular weight excluding hydrogens is 463 g/mol. The van der Waals surface area contributed by atoms with Gasteiger partial charge in [0, 0.05) is 38.4 Å². The van der Waals surface area contributed by atoms with Crippen molar-refractivity contribution in [3.8, 4) is 0 Å². The van der Waals surface area contributed by atoms with Crippen molar-refractivity contribution in [3.63, 3.8) is 0 Å². The largest absolute Gasteiger partial charge is 0.390 e. The van der Waals surface area contributed by atoms with Gasteiger partial charge in [-0.3, -0.25) is 4.79 Å². The van der Waals surface area contributed by atoms with Crippen molar-refractivity contribution in [1.82, 2.24) is 20.2 Å². The molecule has 33 heavy (non-hydrogen) atoms. The van der Waals surface area contributed by atoms with Gasteiger partial charge in [-0.25, -0.2) is 4.98 Å². The van der Waals surface area contributed by atoms with Gasteiger partial charge < -0.3 is 25.0 Å². The van der Waals surface area contributed by atoms with Gasteiger partial charge in [0.15, 0.2) is 0 Å². The van der Waals surface area contributed by atoms with E-state index in [1.54, 1.807) is 6.07 Å². The van der Waals surface area contributed by atoms with E-state index in [1.807, 2.05) is 30.6 Å². The molecule has 2 aliphatic rings. The number of rotatable bonds is 5. The van der Waals surface area contributed by atoms with Gasteiger partial charge in [-0.05, 0) is 42.5 Å². The number of para-hydroxylation sites is 1. The molecule has 9 heteroatoms. The third-order valence-electron chi connectivity index (χ3n) is 6.48. The Labute approximate surface area is 205 Å². The molecule has 0 saturated carbocycles. The first-order valence-electron chi connectivity index (χ1n) is 11.0. The fraction of sp³-hybridized carbons (Fsp3) is 0.417. The molecule has 1 saturated heterocycles. The minimum atomic E-state index is -0.670. The van der Waals surface area contributed by atoms with E-state index >= 15 is 0 Å². The normalized spacial score (nSPS) is 19.1. The van der Waals surface area contributed by atoms with Gasteiger partial charge in [-0.1, -0.05) is 30.3 Å². The standard InChI is InChI=1S/C24H28N4O3.2ClH/c29-22(20-12-16-4-1-2-5-17(16)13-25-20)14-26-24(30)19-6-3-7-21-23(19)27-15-28(21)18-8-10-31-11-9-18;;/h1-7,15,18,20,22,25,29H,8-14H2,(H,26,30);2*1H/t20-,22?;;/m0../s1. The lowest BCUT2D eigenvalue weighted by molar-refractivity contribution is 0.0706. The Bertz CT molecular complexity index is 1080. The molecule has 7 nitrogen and oxygen atoms in total. The lowest BCUT2D eigenvalue weighted by atomic mass is 9.93. The molecule has 3 heterocycles. The van der Waals surface area contributed by atoms with Gasteiger partial charge in [0.1, 0.15) is 5.52 Å². The summed E-state index contributed by atoms with van der Waals surface area (Å²) in [6, 6.07) is 14.2. The minimum Gasteiger partial charge on any atom is -0.390 e. The zero-order valence-corrected chi connectivity index (χ0v) is 19.9. The molecule has 0 aliphatic carbocycles. The quantitative estimate of drug-likeness (QED) is 0.509. The summed E-state index contributed by atoms with van der Waals surface area (Å²) >= 11 is 0. The van der Waals surface area contributed by atoms with Crippen LogP contribution in [0.2, 0.25) is 0 Å². The molecule has 5 rings (SSSR count). The second-order valence-electron chi connectivity index (χ2n) is 8.41. The van der Waals surface area contributed by atoms with Crippen molar-refractivity contribution >= 4 is 41.8 Å². The third-order valence-corrected chi connectivity index (χ3v) is 6.48. The fourth-order valence-corrected chi connectivity index (χ4v) is 4.68. The van der Waals surface area contributed by atoms with E-state index < -0.39 is 6.10 Å². The maximum Gasteiger partial charge on any atom is 0.253 e. The minimum absolute atomic E-state index is 0. The Morgan fingerprint density at radius 2 is 1.91 bits per heavy atom. The molecule has 3 N–H and O–H groups in total. The summed E-state index contributed by atoms with van der Waals surface area (Å²) < 4.78 is 7.63. The number of halogens is 2. The summed E-state index contributed by atoms with van der Waals surface area (Å²) in [6.45, 7) is 2.43. The van der Waals surface area contributed by atoms with Crippen molar-refractivity contribution in [2.75, 3.05) is 19.8 Å². The molecule has 2 aromatic carbocycles. The van der Waals surface area contributed by atoms with E-state index in [0.717, 1.165) is 44.5 Å². The highest BCUT2D eigenvalue weighted by Gasteiger charge is 2.25. The fourth-order valence-electron chi connectivity index (χ4n) is 4.68. The smallest absolute Gasteiger partial charge is 0.253 e. The Kier molecular flexibility index (Phi) is 8.73. The Hall–Kier alpha value is -2.16. The predicted molar refractivity (Wildman–Crippen MR) is 132 cm³/mol. The molecular formula is C24H30Cl2N4O3. The van der Waals surface area contributed by atoms with E-state index in [0.29, 0.717) is 17.1 Å². The summed E-state index contributed by atoms with van der Waals surface area (Å²) in [5, 5.41) is 17.0. The maximum absolute atomic E-state index is 12.9. The number of hydrogen-bond acceptors (Lipinski definition) is 5. The summed E-state index contributed by atoms with van der Waals surface area (Å²) in [5.41, 5.74) is 4.72. The second kappa shape index (κ2) is 11.3. The molecule has 1 unspecified atom stereocenters. The average Bonchev–Trinajstić information content (AvgIpc) is 3.27. The maximum atomic E-state index is 12.9. The highest BCUT2D eigenvalue weighted by atomic mass is 35.5. The number of carbonyl (C=O) groups is 1. The Morgan fingerprint density at radius 3 is 2.70 bits per heavy atom. The van der Waals surface area contributed by atoms with Gasteiger partial charge in [0.05, 0.1) is 23.5 Å². The zero-order valence-electron chi connectivity index (χ0n) is 18.3. The van der Waals surface area contributed by atoms with Crippen LogP contribution >= 0.6 is 24.8 Å². The number of hydrogen-bond donors (Lipinski definition) is 3. The Morgan fingerprint density at radius 1 is 1.15 bits per heavy atom. The number of aliphatic hydroxyl groups excluding tert-OH is 1. The van der Waals surface area contributed by atoms with Crippen LogP contribution in [0, 0.1) is 0 Å². The van der Waals surface area contributed by atoms with Crippen LogP contribution in [0.4, 0.5) is 0 Å². The highest BCUT2D eigenvalue weighted by Crippen LogP contribution is 2.27. The van der Waals surface area contributed by atoms with Gasteiger partial charge >= 0.3 is 0 Å². The molecule has 0 spiro atoms. The van der Waals surface area contributed by atoms with Crippen LogP contribution in [0.15, 0.2) is 48.8 Å². The molecule has 0 bridgehead atoms. The number of fused-ring (bicyclic) bond motifs is 2. The number of imidazole rings is 1. The van der Waals surface area contributed by atoms with Crippen molar-refractivity contribution < 1.29 is 14.6 Å².